The van der Waals surface area contributed by atoms with Crippen LogP contribution in [-0.2, 0) is 4.74 Å². The van der Waals surface area contributed by atoms with Gasteiger partial charge in [-0.1, -0.05) is 56.3 Å². The van der Waals surface area contributed by atoms with Crippen LogP contribution in [-0.4, -0.2) is 17.8 Å². The molecule has 0 radical (unpaired) electrons. The molecule has 2 atom stereocenters. The molecule has 0 unspecified atom stereocenters. The molecule has 2 heteroatoms. The van der Waals surface area contributed by atoms with E-state index in [1.807, 2.05) is 43.3 Å². The first-order valence-electron chi connectivity index (χ1n) is 6.18. The van der Waals surface area contributed by atoms with Crippen molar-refractivity contribution < 1.29 is 9.84 Å². The van der Waals surface area contributed by atoms with E-state index in [2.05, 4.69) is 19.9 Å². The molecule has 1 N–H and O–H groups in total. The topological polar surface area (TPSA) is 29.5 Å². The van der Waals surface area contributed by atoms with Gasteiger partial charge < -0.3 is 9.84 Å². The number of rotatable bonds is 6. The van der Waals surface area contributed by atoms with Crippen molar-refractivity contribution in [3.8, 4) is 0 Å². The zero-order valence-corrected chi connectivity index (χ0v) is 10.8. The summed E-state index contributed by atoms with van der Waals surface area (Å²) in [5.74, 6) is 0.459. The maximum absolute atomic E-state index is 10.2. The Balaban J connectivity index is 2.76. The van der Waals surface area contributed by atoms with Crippen LogP contribution >= 0.6 is 0 Å². The Morgan fingerprint density at radius 3 is 2.35 bits per heavy atom. The minimum absolute atomic E-state index is 0.273. The van der Waals surface area contributed by atoms with Gasteiger partial charge in [0.1, 0.15) is 12.2 Å². The largest absolute Gasteiger partial charge is 0.385 e. The summed E-state index contributed by atoms with van der Waals surface area (Å²) in [6.07, 6.45) is 3.13. The number of allylic oxidation sites excluding steroid dienone is 1. The summed E-state index contributed by atoms with van der Waals surface area (Å²) in [7, 11) is 0. The molecule has 0 heterocycles. The van der Waals surface area contributed by atoms with Crippen molar-refractivity contribution in [2.45, 2.75) is 33.0 Å². The van der Waals surface area contributed by atoms with Gasteiger partial charge in [0.25, 0.3) is 0 Å². The van der Waals surface area contributed by atoms with Crippen LogP contribution < -0.4 is 0 Å². The summed E-state index contributed by atoms with van der Waals surface area (Å²) in [6, 6.07) is 9.62. The van der Waals surface area contributed by atoms with Crippen molar-refractivity contribution >= 4 is 0 Å². The van der Waals surface area contributed by atoms with Crippen LogP contribution in [0.15, 0.2) is 42.5 Å². The van der Waals surface area contributed by atoms with Gasteiger partial charge in [-0.15, -0.1) is 0 Å². The van der Waals surface area contributed by atoms with E-state index in [4.69, 9.17) is 4.74 Å². The van der Waals surface area contributed by atoms with Gasteiger partial charge in [0.15, 0.2) is 0 Å². The summed E-state index contributed by atoms with van der Waals surface area (Å²) in [4.78, 5) is 0. The molecule has 94 valence electrons. The maximum Gasteiger partial charge on any atom is 0.109 e. The summed E-state index contributed by atoms with van der Waals surface area (Å²) in [5, 5.41) is 10.2. The number of hydrogen-bond donors (Lipinski definition) is 1. The molecule has 0 aliphatic heterocycles. The van der Waals surface area contributed by atoms with E-state index < -0.39 is 6.10 Å². The molecule has 1 aromatic carbocycles. The molecule has 0 aliphatic carbocycles. The Morgan fingerprint density at radius 2 is 1.82 bits per heavy atom. The van der Waals surface area contributed by atoms with Crippen LogP contribution in [0.25, 0.3) is 0 Å². The normalized spacial score (nSPS) is 15.4. The van der Waals surface area contributed by atoms with E-state index in [9.17, 15) is 5.11 Å². The lowest BCUT2D eigenvalue weighted by Gasteiger charge is -2.20. The van der Waals surface area contributed by atoms with Crippen LogP contribution in [0.5, 0.6) is 0 Å². The fourth-order valence-corrected chi connectivity index (χ4v) is 1.62. The summed E-state index contributed by atoms with van der Waals surface area (Å²) < 4.78 is 5.57. The van der Waals surface area contributed by atoms with E-state index in [-0.39, 0.29) is 6.10 Å². The first-order chi connectivity index (χ1) is 8.15. The van der Waals surface area contributed by atoms with Crippen molar-refractivity contribution in [2.24, 2.45) is 5.92 Å². The molecule has 1 aromatic rings. The van der Waals surface area contributed by atoms with Crippen LogP contribution in [0.2, 0.25) is 0 Å². The third-order valence-electron chi connectivity index (χ3n) is 2.50. The Kier molecular flexibility index (Phi) is 5.95. The monoisotopic (exact) mass is 234 g/mol. The first kappa shape index (κ1) is 13.9. The summed E-state index contributed by atoms with van der Waals surface area (Å²) >= 11 is 0. The van der Waals surface area contributed by atoms with Crippen molar-refractivity contribution in [1.29, 1.82) is 0 Å². The first-order valence-corrected chi connectivity index (χ1v) is 6.18. The van der Waals surface area contributed by atoms with Gasteiger partial charge in [0.2, 0.25) is 0 Å². The predicted molar refractivity (Wildman–Crippen MR) is 70.8 cm³/mol. The van der Waals surface area contributed by atoms with E-state index in [1.54, 1.807) is 0 Å². The highest BCUT2D eigenvalue weighted by Crippen LogP contribution is 2.20. The standard InChI is InChI=1S/C15H22O2/c1-4-17-14(11-10-12(2)3)15(16)13-8-6-5-7-9-13/h5-12,14-16H,4H2,1-3H3/b11-10-/t14-,15+/m0/s1. The van der Waals surface area contributed by atoms with E-state index in [1.165, 1.54) is 0 Å². The Hall–Kier alpha value is -1.12. The third-order valence-corrected chi connectivity index (χ3v) is 2.50. The third kappa shape index (κ3) is 4.72. The number of ether oxygens (including phenoxy) is 1. The summed E-state index contributed by atoms with van der Waals surface area (Å²) in [6.45, 7) is 6.74. The fraction of sp³-hybridized carbons (Fsp3) is 0.467. The van der Waals surface area contributed by atoms with Crippen LogP contribution in [0.4, 0.5) is 0 Å². The lowest BCUT2D eigenvalue weighted by molar-refractivity contribution is -0.00598. The van der Waals surface area contributed by atoms with Gasteiger partial charge in [-0.2, -0.15) is 0 Å². The lowest BCUT2D eigenvalue weighted by Crippen LogP contribution is -2.20. The van der Waals surface area contributed by atoms with Crippen molar-refractivity contribution in [3.63, 3.8) is 0 Å². The van der Waals surface area contributed by atoms with Gasteiger partial charge in [-0.05, 0) is 18.4 Å². The Labute approximate surface area is 104 Å². The molecular weight excluding hydrogens is 212 g/mol. The molecule has 2 nitrogen and oxygen atoms in total. The lowest BCUT2D eigenvalue weighted by atomic mass is 10.0. The van der Waals surface area contributed by atoms with Crippen LogP contribution in [0.3, 0.4) is 0 Å². The zero-order valence-electron chi connectivity index (χ0n) is 10.8. The molecule has 17 heavy (non-hydrogen) atoms. The highest BCUT2D eigenvalue weighted by atomic mass is 16.5. The van der Waals surface area contributed by atoms with Crippen molar-refractivity contribution in [1.82, 2.24) is 0 Å². The second kappa shape index (κ2) is 7.25. The van der Waals surface area contributed by atoms with E-state index >= 15 is 0 Å². The van der Waals surface area contributed by atoms with Crippen LogP contribution in [0, 0.1) is 5.92 Å². The highest BCUT2D eigenvalue weighted by molar-refractivity contribution is 5.20. The highest BCUT2D eigenvalue weighted by Gasteiger charge is 2.18. The van der Waals surface area contributed by atoms with E-state index in [0.717, 1.165) is 5.56 Å². The molecule has 1 rings (SSSR count). The summed E-state index contributed by atoms with van der Waals surface area (Å²) in [5.41, 5.74) is 0.888. The van der Waals surface area contributed by atoms with Crippen molar-refractivity contribution in [3.05, 3.63) is 48.0 Å². The predicted octanol–water partition coefficient (Wildman–Crippen LogP) is 3.34. The second-order valence-corrected chi connectivity index (χ2v) is 4.40. The number of hydrogen-bond acceptors (Lipinski definition) is 2. The molecule has 0 spiro atoms. The Morgan fingerprint density at radius 1 is 1.18 bits per heavy atom. The number of aliphatic hydroxyl groups excluding tert-OH is 1. The SMILES string of the molecule is CCO[C@@H](/C=C\C(C)C)[C@H](O)c1ccccc1. The molecule has 0 amide bonds. The van der Waals surface area contributed by atoms with Gasteiger partial charge in [-0.25, -0.2) is 0 Å². The average molecular weight is 234 g/mol. The average Bonchev–Trinajstić information content (AvgIpc) is 2.34. The van der Waals surface area contributed by atoms with Crippen molar-refractivity contribution in [2.75, 3.05) is 6.61 Å². The fourth-order valence-electron chi connectivity index (χ4n) is 1.62. The van der Waals surface area contributed by atoms with Gasteiger partial charge in [-0.3, -0.25) is 0 Å². The molecule has 0 saturated carbocycles. The maximum atomic E-state index is 10.2. The number of benzene rings is 1. The zero-order chi connectivity index (χ0) is 12.7. The smallest absolute Gasteiger partial charge is 0.109 e. The molecule has 0 fully saturated rings. The quantitative estimate of drug-likeness (QED) is 0.765. The minimum atomic E-state index is -0.605. The van der Waals surface area contributed by atoms with Gasteiger partial charge in [0, 0.05) is 6.61 Å². The molecule has 0 saturated heterocycles. The van der Waals surface area contributed by atoms with Crippen LogP contribution in [0.1, 0.15) is 32.4 Å². The second-order valence-electron chi connectivity index (χ2n) is 4.40. The Bertz CT molecular complexity index is 330. The molecule has 0 aromatic heterocycles. The van der Waals surface area contributed by atoms with Gasteiger partial charge in [0.05, 0.1) is 0 Å². The molecular formula is C15H22O2. The molecule has 0 bridgehead atoms. The van der Waals surface area contributed by atoms with Gasteiger partial charge >= 0.3 is 0 Å². The minimum Gasteiger partial charge on any atom is -0.385 e. The molecule has 0 aliphatic rings. The number of aliphatic hydroxyl groups is 1. The van der Waals surface area contributed by atoms with E-state index in [0.29, 0.717) is 12.5 Å².